The van der Waals surface area contributed by atoms with Gasteiger partial charge in [0, 0.05) is 24.4 Å². The minimum Gasteiger partial charge on any atom is -0.356 e. The maximum atomic E-state index is 13.1. The number of carbonyl (C=O) groups is 1. The van der Waals surface area contributed by atoms with Gasteiger partial charge in [-0.15, -0.1) is 0 Å². The highest BCUT2D eigenvalue weighted by molar-refractivity contribution is 5.86. The SMILES string of the molecule is Cc1noc([C@@H]2CN(C(=O)Cc3noc4ccccc34)C[C@@H]2c2ccccc2)n1. The number of hydrogen-bond donors (Lipinski definition) is 0. The lowest BCUT2D eigenvalue weighted by atomic mass is 9.89. The number of hydrogen-bond acceptors (Lipinski definition) is 6. The first kappa shape index (κ1) is 17.6. The van der Waals surface area contributed by atoms with Crippen molar-refractivity contribution in [3.8, 4) is 0 Å². The average molecular weight is 388 g/mol. The Morgan fingerprint density at radius 1 is 1.00 bits per heavy atom. The molecule has 3 heterocycles. The first-order valence-corrected chi connectivity index (χ1v) is 9.65. The van der Waals surface area contributed by atoms with E-state index < -0.39 is 0 Å². The third kappa shape index (κ3) is 3.29. The van der Waals surface area contributed by atoms with Gasteiger partial charge in [-0.2, -0.15) is 4.98 Å². The first-order valence-electron chi connectivity index (χ1n) is 9.65. The Balaban J connectivity index is 1.41. The Kier molecular flexibility index (Phi) is 4.35. The Morgan fingerprint density at radius 3 is 2.55 bits per heavy atom. The summed E-state index contributed by atoms with van der Waals surface area (Å²) in [5.74, 6) is 1.28. The van der Waals surface area contributed by atoms with Gasteiger partial charge in [-0.3, -0.25) is 4.79 Å². The van der Waals surface area contributed by atoms with E-state index in [0.29, 0.717) is 36.1 Å². The molecule has 1 aliphatic heterocycles. The van der Waals surface area contributed by atoms with Crippen LogP contribution in [0, 0.1) is 6.92 Å². The van der Waals surface area contributed by atoms with E-state index in [0.717, 1.165) is 10.9 Å². The molecule has 0 spiro atoms. The van der Waals surface area contributed by atoms with Crippen molar-refractivity contribution in [2.75, 3.05) is 13.1 Å². The molecule has 0 saturated carbocycles. The number of fused-ring (bicyclic) bond motifs is 1. The van der Waals surface area contributed by atoms with Gasteiger partial charge in [-0.1, -0.05) is 52.8 Å². The monoisotopic (exact) mass is 388 g/mol. The van der Waals surface area contributed by atoms with E-state index in [9.17, 15) is 4.79 Å². The second kappa shape index (κ2) is 7.16. The van der Waals surface area contributed by atoms with E-state index >= 15 is 0 Å². The van der Waals surface area contributed by atoms with Gasteiger partial charge in [0.05, 0.1) is 12.3 Å². The quantitative estimate of drug-likeness (QED) is 0.532. The molecule has 0 radical (unpaired) electrons. The van der Waals surface area contributed by atoms with Crippen LogP contribution in [0.1, 0.15) is 34.8 Å². The molecule has 2 aromatic carbocycles. The second-order valence-electron chi connectivity index (χ2n) is 7.40. The highest BCUT2D eigenvalue weighted by Gasteiger charge is 2.40. The molecule has 4 aromatic rings. The molecule has 1 fully saturated rings. The number of carbonyl (C=O) groups excluding carboxylic acids is 1. The van der Waals surface area contributed by atoms with E-state index in [1.54, 1.807) is 6.92 Å². The molecular formula is C22H20N4O3. The van der Waals surface area contributed by atoms with Crippen molar-refractivity contribution in [1.82, 2.24) is 20.2 Å². The summed E-state index contributed by atoms with van der Waals surface area (Å²) in [4.78, 5) is 19.4. The summed E-state index contributed by atoms with van der Waals surface area (Å²) >= 11 is 0. The molecule has 1 amide bonds. The largest absolute Gasteiger partial charge is 0.356 e. The number of benzene rings is 2. The molecule has 1 aliphatic rings. The van der Waals surface area contributed by atoms with Crippen LogP contribution < -0.4 is 0 Å². The molecule has 146 valence electrons. The molecule has 0 N–H and O–H groups in total. The van der Waals surface area contributed by atoms with Crippen LogP contribution in [-0.4, -0.2) is 39.2 Å². The Labute approximate surface area is 167 Å². The fourth-order valence-corrected chi connectivity index (χ4v) is 4.08. The number of nitrogens with zero attached hydrogens (tertiary/aromatic N) is 4. The lowest BCUT2D eigenvalue weighted by Crippen LogP contribution is -2.30. The highest BCUT2D eigenvalue weighted by atomic mass is 16.5. The number of amides is 1. The zero-order chi connectivity index (χ0) is 19.8. The molecule has 2 atom stereocenters. The van der Waals surface area contributed by atoms with Crippen molar-refractivity contribution in [3.05, 3.63) is 77.6 Å². The zero-order valence-electron chi connectivity index (χ0n) is 16.0. The van der Waals surface area contributed by atoms with E-state index in [2.05, 4.69) is 27.4 Å². The number of likely N-dealkylation sites (tertiary alicyclic amines) is 1. The number of rotatable bonds is 4. The van der Waals surface area contributed by atoms with Gasteiger partial charge in [0.2, 0.25) is 11.8 Å². The third-order valence-corrected chi connectivity index (χ3v) is 5.53. The molecule has 2 aromatic heterocycles. The molecule has 29 heavy (non-hydrogen) atoms. The Hall–Kier alpha value is -3.48. The van der Waals surface area contributed by atoms with Gasteiger partial charge in [-0.05, 0) is 24.6 Å². The lowest BCUT2D eigenvalue weighted by Gasteiger charge is -2.16. The van der Waals surface area contributed by atoms with Crippen molar-refractivity contribution in [3.63, 3.8) is 0 Å². The molecule has 7 nitrogen and oxygen atoms in total. The first-order chi connectivity index (χ1) is 14.2. The van der Waals surface area contributed by atoms with Crippen LogP contribution in [0.5, 0.6) is 0 Å². The van der Waals surface area contributed by atoms with Gasteiger partial charge >= 0.3 is 0 Å². The topological polar surface area (TPSA) is 85.3 Å². The summed E-state index contributed by atoms with van der Waals surface area (Å²) in [6, 6.07) is 17.8. The summed E-state index contributed by atoms with van der Waals surface area (Å²) in [5, 5.41) is 8.92. The minimum atomic E-state index is -0.0309. The summed E-state index contributed by atoms with van der Waals surface area (Å²) in [5.41, 5.74) is 2.52. The zero-order valence-corrected chi connectivity index (χ0v) is 16.0. The average Bonchev–Trinajstić information content (AvgIpc) is 3.47. The normalized spacial score (nSPS) is 19.1. The van der Waals surface area contributed by atoms with E-state index in [1.807, 2.05) is 47.4 Å². The number of aromatic nitrogens is 3. The fraction of sp³-hybridized carbons (Fsp3) is 0.273. The standard InChI is InChI=1S/C22H20N4O3/c1-14-23-22(29-24-14)18-13-26(12-17(18)15-7-3-2-4-8-15)21(27)11-19-16-9-5-6-10-20(16)28-25-19/h2-10,17-18H,11-13H2,1H3/t17-,18-/m1/s1. The van der Waals surface area contributed by atoms with Gasteiger partial charge in [0.15, 0.2) is 11.4 Å². The van der Waals surface area contributed by atoms with E-state index in [4.69, 9.17) is 9.05 Å². The summed E-state index contributed by atoms with van der Waals surface area (Å²) in [7, 11) is 0. The third-order valence-electron chi connectivity index (χ3n) is 5.53. The van der Waals surface area contributed by atoms with E-state index in [-0.39, 0.29) is 24.2 Å². The van der Waals surface area contributed by atoms with Crippen LogP contribution in [0.25, 0.3) is 11.0 Å². The molecule has 0 bridgehead atoms. The number of aryl methyl sites for hydroxylation is 1. The van der Waals surface area contributed by atoms with Crippen LogP contribution in [0.4, 0.5) is 0 Å². The maximum Gasteiger partial charge on any atom is 0.232 e. The van der Waals surface area contributed by atoms with Crippen LogP contribution in [0.2, 0.25) is 0 Å². The van der Waals surface area contributed by atoms with Crippen molar-refractivity contribution in [1.29, 1.82) is 0 Å². The molecule has 7 heteroatoms. The second-order valence-corrected chi connectivity index (χ2v) is 7.40. The summed E-state index contributed by atoms with van der Waals surface area (Å²) in [6.07, 6.45) is 0.202. The molecule has 0 aliphatic carbocycles. The Morgan fingerprint density at radius 2 is 1.76 bits per heavy atom. The Bertz CT molecular complexity index is 1150. The van der Waals surface area contributed by atoms with Crippen LogP contribution >= 0.6 is 0 Å². The highest BCUT2D eigenvalue weighted by Crippen LogP contribution is 2.39. The van der Waals surface area contributed by atoms with Crippen molar-refractivity contribution in [2.45, 2.75) is 25.2 Å². The fourth-order valence-electron chi connectivity index (χ4n) is 4.08. The van der Waals surface area contributed by atoms with Gasteiger partial charge < -0.3 is 13.9 Å². The summed E-state index contributed by atoms with van der Waals surface area (Å²) in [6.45, 7) is 2.94. The smallest absolute Gasteiger partial charge is 0.232 e. The summed E-state index contributed by atoms with van der Waals surface area (Å²) < 4.78 is 10.8. The predicted molar refractivity (Wildman–Crippen MR) is 105 cm³/mol. The lowest BCUT2D eigenvalue weighted by molar-refractivity contribution is -0.129. The van der Waals surface area contributed by atoms with Crippen LogP contribution in [0.15, 0.2) is 63.6 Å². The van der Waals surface area contributed by atoms with Crippen LogP contribution in [-0.2, 0) is 11.2 Å². The van der Waals surface area contributed by atoms with Gasteiger partial charge in [-0.25, -0.2) is 0 Å². The van der Waals surface area contributed by atoms with Crippen molar-refractivity contribution in [2.24, 2.45) is 0 Å². The molecule has 5 rings (SSSR count). The maximum absolute atomic E-state index is 13.1. The van der Waals surface area contributed by atoms with E-state index in [1.165, 1.54) is 0 Å². The minimum absolute atomic E-state index is 0.0173. The molecule has 1 saturated heterocycles. The molecule has 0 unspecified atom stereocenters. The molecular weight excluding hydrogens is 368 g/mol. The van der Waals surface area contributed by atoms with Crippen molar-refractivity contribution < 1.29 is 13.8 Å². The predicted octanol–water partition coefficient (Wildman–Crippen LogP) is 3.47. The number of para-hydroxylation sites is 1. The van der Waals surface area contributed by atoms with Crippen LogP contribution in [0.3, 0.4) is 0 Å². The van der Waals surface area contributed by atoms with Crippen molar-refractivity contribution >= 4 is 16.9 Å². The van der Waals surface area contributed by atoms with Gasteiger partial charge in [0.1, 0.15) is 5.69 Å². The van der Waals surface area contributed by atoms with Gasteiger partial charge in [0.25, 0.3) is 0 Å².